The van der Waals surface area contributed by atoms with Crippen molar-refractivity contribution < 1.29 is 9.66 Å². The zero-order chi connectivity index (χ0) is 14.5. The second kappa shape index (κ2) is 6.42. The molecular weight excluding hydrogens is 326 g/mol. The van der Waals surface area contributed by atoms with Gasteiger partial charge in [0, 0.05) is 24.6 Å². The van der Waals surface area contributed by atoms with Crippen LogP contribution in [0.3, 0.4) is 0 Å². The minimum absolute atomic E-state index is 0.0212. The summed E-state index contributed by atoms with van der Waals surface area (Å²) >= 11 is 3.31. The predicted molar refractivity (Wildman–Crippen MR) is 76.9 cm³/mol. The molecule has 104 valence electrons. The molecule has 20 heavy (non-hydrogen) atoms. The number of halogens is 1. The van der Waals surface area contributed by atoms with Gasteiger partial charge in [-0.3, -0.25) is 10.1 Å². The molecule has 0 unspecified atom stereocenters. The van der Waals surface area contributed by atoms with Crippen molar-refractivity contribution in [2.24, 2.45) is 0 Å². The van der Waals surface area contributed by atoms with Gasteiger partial charge in [-0.25, -0.2) is 4.98 Å². The highest BCUT2D eigenvalue weighted by Crippen LogP contribution is 2.24. The molecule has 0 bridgehead atoms. The molecule has 0 spiro atoms. The van der Waals surface area contributed by atoms with Crippen molar-refractivity contribution in [3.63, 3.8) is 0 Å². The summed E-state index contributed by atoms with van der Waals surface area (Å²) in [6.45, 7) is 2.04. The first-order valence-electron chi connectivity index (χ1n) is 6.04. The number of ether oxygens (including phenoxy) is 1. The molecule has 0 saturated carbocycles. The third-order valence-electron chi connectivity index (χ3n) is 2.46. The number of nitrogens with zero attached hydrogens (tertiary/aromatic N) is 3. The normalized spacial score (nSPS) is 10.3. The van der Waals surface area contributed by atoms with Crippen LogP contribution in [0.1, 0.15) is 19.2 Å². The molecule has 1 aromatic carbocycles. The van der Waals surface area contributed by atoms with Crippen LogP contribution in [0.25, 0.3) is 0 Å². The summed E-state index contributed by atoms with van der Waals surface area (Å²) in [4.78, 5) is 18.6. The van der Waals surface area contributed by atoms with E-state index in [4.69, 9.17) is 4.74 Å². The second-order valence-electron chi connectivity index (χ2n) is 4.05. The standard InChI is InChI=1S/C13H12BrN3O3/c1-2-3-12-15-11(14)8-13(16-12)20-10-6-4-9(5-7-10)17(18)19/h4-8H,2-3H2,1H3. The van der Waals surface area contributed by atoms with Gasteiger partial charge >= 0.3 is 0 Å². The van der Waals surface area contributed by atoms with Gasteiger partial charge in [-0.2, -0.15) is 4.98 Å². The molecule has 0 saturated heterocycles. The number of nitro benzene ring substituents is 1. The lowest BCUT2D eigenvalue weighted by Crippen LogP contribution is -1.98. The van der Waals surface area contributed by atoms with E-state index in [9.17, 15) is 10.1 Å². The zero-order valence-corrected chi connectivity index (χ0v) is 12.3. The Morgan fingerprint density at radius 1 is 1.30 bits per heavy atom. The minimum Gasteiger partial charge on any atom is -0.439 e. The Balaban J connectivity index is 2.18. The minimum atomic E-state index is -0.454. The van der Waals surface area contributed by atoms with E-state index in [0.29, 0.717) is 22.1 Å². The van der Waals surface area contributed by atoms with E-state index in [1.165, 1.54) is 24.3 Å². The van der Waals surface area contributed by atoms with E-state index in [0.717, 1.165) is 12.8 Å². The molecule has 1 aromatic heterocycles. The van der Waals surface area contributed by atoms with Gasteiger partial charge in [-0.1, -0.05) is 6.92 Å². The van der Waals surface area contributed by atoms with Crippen LogP contribution >= 0.6 is 15.9 Å². The van der Waals surface area contributed by atoms with Crippen molar-refractivity contribution in [1.29, 1.82) is 0 Å². The summed E-state index contributed by atoms with van der Waals surface area (Å²) in [5.74, 6) is 1.59. The summed E-state index contributed by atoms with van der Waals surface area (Å²) < 4.78 is 6.22. The summed E-state index contributed by atoms with van der Waals surface area (Å²) in [6, 6.07) is 7.50. The quantitative estimate of drug-likeness (QED) is 0.469. The fourth-order valence-corrected chi connectivity index (χ4v) is 1.99. The predicted octanol–water partition coefficient (Wildman–Crippen LogP) is 3.89. The summed E-state index contributed by atoms with van der Waals surface area (Å²) in [5, 5.41) is 10.6. The Morgan fingerprint density at radius 3 is 2.60 bits per heavy atom. The van der Waals surface area contributed by atoms with Crippen molar-refractivity contribution in [2.45, 2.75) is 19.8 Å². The van der Waals surface area contributed by atoms with E-state index in [-0.39, 0.29) is 5.69 Å². The van der Waals surface area contributed by atoms with Gasteiger partial charge in [-0.15, -0.1) is 0 Å². The highest BCUT2D eigenvalue weighted by Gasteiger charge is 2.07. The molecular formula is C13H12BrN3O3. The Morgan fingerprint density at radius 2 is 2.00 bits per heavy atom. The number of nitro groups is 1. The monoisotopic (exact) mass is 337 g/mol. The van der Waals surface area contributed by atoms with Gasteiger partial charge in [0.2, 0.25) is 5.88 Å². The highest BCUT2D eigenvalue weighted by atomic mass is 79.9. The molecule has 2 rings (SSSR count). The third kappa shape index (κ3) is 3.74. The summed E-state index contributed by atoms with van der Waals surface area (Å²) in [5.41, 5.74) is 0.0212. The molecule has 2 aromatic rings. The SMILES string of the molecule is CCCc1nc(Br)cc(Oc2ccc([N+](=O)[O-])cc2)n1. The largest absolute Gasteiger partial charge is 0.439 e. The maximum absolute atomic E-state index is 10.6. The van der Waals surface area contributed by atoms with Crippen LogP contribution in [0.4, 0.5) is 5.69 Å². The van der Waals surface area contributed by atoms with Crippen molar-refractivity contribution in [3.05, 3.63) is 50.9 Å². The lowest BCUT2D eigenvalue weighted by atomic mass is 10.3. The summed E-state index contributed by atoms with van der Waals surface area (Å²) in [7, 11) is 0. The van der Waals surface area contributed by atoms with Crippen molar-refractivity contribution >= 4 is 21.6 Å². The first kappa shape index (κ1) is 14.4. The molecule has 0 atom stereocenters. The molecule has 7 heteroatoms. The number of aromatic nitrogens is 2. The van der Waals surface area contributed by atoms with Gasteiger partial charge in [0.05, 0.1) is 4.92 Å². The van der Waals surface area contributed by atoms with Gasteiger partial charge in [-0.05, 0) is 34.5 Å². The first-order chi connectivity index (χ1) is 9.58. The Hall–Kier alpha value is -2.02. The Kier molecular flexibility index (Phi) is 4.62. The molecule has 6 nitrogen and oxygen atoms in total. The van der Waals surface area contributed by atoms with E-state index >= 15 is 0 Å². The molecule has 0 fully saturated rings. The topological polar surface area (TPSA) is 78.2 Å². The number of aryl methyl sites for hydroxylation is 1. The molecule has 0 aliphatic carbocycles. The van der Waals surface area contributed by atoms with Gasteiger partial charge < -0.3 is 4.74 Å². The van der Waals surface area contributed by atoms with Crippen molar-refractivity contribution in [2.75, 3.05) is 0 Å². The average Bonchev–Trinajstić information content (AvgIpc) is 2.39. The van der Waals surface area contributed by atoms with Crippen LogP contribution in [-0.2, 0) is 6.42 Å². The molecule has 0 N–H and O–H groups in total. The van der Waals surface area contributed by atoms with E-state index in [1.807, 2.05) is 6.92 Å². The van der Waals surface area contributed by atoms with E-state index in [1.54, 1.807) is 6.07 Å². The van der Waals surface area contributed by atoms with E-state index in [2.05, 4.69) is 25.9 Å². The number of hydrogen-bond donors (Lipinski definition) is 0. The van der Waals surface area contributed by atoms with Crippen LogP contribution in [0.5, 0.6) is 11.6 Å². The second-order valence-corrected chi connectivity index (χ2v) is 4.86. The van der Waals surface area contributed by atoms with E-state index < -0.39 is 4.92 Å². The van der Waals surface area contributed by atoms with Crippen molar-refractivity contribution in [3.8, 4) is 11.6 Å². The van der Waals surface area contributed by atoms with Crippen LogP contribution in [0.15, 0.2) is 34.9 Å². The third-order valence-corrected chi connectivity index (χ3v) is 2.87. The number of non-ortho nitro benzene ring substituents is 1. The average molecular weight is 338 g/mol. The van der Waals surface area contributed by atoms with Gasteiger partial charge in [0.25, 0.3) is 5.69 Å². The molecule has 0 radical (unpaired) electrons. The molecule has 0 amide bonds. The molecule has 0 aliphatic heterocycles. The fourth-order valence-electron chi connectivity index (χ4n) is 1.59. The van der Waals surface area contributed by atoms with Crippen LogP contribution in [0.2, 0.25) is 0 Å². The number of hydrogen-bond acceptors (Lipinski definition) is 5. The fraction of sp³-hybridized carbons (Fsp3) is 0.231. The Bertz CT molecular complexity index is 617. The lowest BCUT2D eigenvalue weighted by molar-refractivity contribution is -0.384. The lowest BCUT2D eigenvalue weighted by Gasteiger charge is -2.06. The molecule has 1 heterocycles. The Labute approximate surface area is 124 Å². The van der Waals surface area contributed by atoms with Crippen LogP contribution in [-0.4, -0.2) is 14.9 Å². The number of rotatable bonds is 5. The van der Waals surface area contributed by atoms with Gasteiger partial charge in [0.1, 0.15) is 16.2 Å². The van der Waals surface area contributed by atoms with Crippen molar-refractivity contribution in [1.82, 2.24) is 9.97 Å². The maximum Gasteiger partial charge on any atom is 0.269 e. The smallest absolute Gasteiger partial charge is 0.269 e. The summed E-state index contributed by atoms with van der Waals surface area (Å²) in [6.07, 6.45) is 1.70. The van der Waals surface area contributed by atoms with Gasteiger partial charge in [0.15, 0.2) is 0 Å². The molecule has 0 aliphatic rings. The first-order valence-corrected chi connectivity index (χ1v) is 6.83. The van der Waals surface area contributed by atoms with Crippen LogP contribution in [0, 0.1) is 10.1 Å². The number of benzene rings is 1. The highest BCUT2D eigenvalue weighted by molar-refractivity contribution is 9.10. The van der Waals surface area contributed by atoms with Crippen LogP contribution < -0.4 is 4.74 Å². The maximum atomic E-state index is 10.6. The zero-order valence-electron chi connectivity index (χ0n) is 10.7.